The summed E-state index contributed by atoms with van der Waals surface area (Å²) in [6.45, 7) is 2.02. The molecular formula is C20H23ClN2O3. The number of ether oxygens (including phenoxy) is 2. The number of carbonyl (C=O) groups excluding carboxylic acids is 1. The van der Waals surface area contributed by atoms with E-state index in [-0.39, 0.29) is 5.91 Å². The molecule has 26 heavy (non-hydrogen) atoms. The first-order chi connectivity index (χ1) is 12.6. The lowest BCUT2D eigenvalue weighted by molar-refractivity contribution is -0.125. The first-order valence-electron chi connectivity index (χ1n) is 8.72. The molecule has 0 bridgehead atoms. The quantitative estimate of drug-likeness (QED) is 0.813. The summed E-state index contributed by atoms with van der Waals surface area (Å²) in [5.74, 6) is 0.683. The van der Waals surface area contributed by atoms with E-state index in [1.54, 1.807) is 0 Å². The maximum atomic E-state index is 13.2. The Bertz CT molecular complexity index is 743. The normalized spacial score (nSPS) is 16.1. The molecule has 0 radical (unpaired) electrons. The van der Waals surface area contributed by atoms with Gasteiger partial charge < -0.3 is 20.5 Å². The Morgan fingerprint density at radius 1 is 1.19 bits per heavy atom. The van der Waals surface area contributed by atoms with Crippen LogP contribution in [0, 0.1) is 0 Å². The van der Waals surface area contributed by atoms with E-state index in [4.69, 9.17) is 26.8 Å². The molecule has 0 saturated carbocycles. The Labute approximate surface area is 158 Å². The molecule has 0 atom stereocenters. The number of amides is 1. The number of hydrogen-bond donors (Lipinski definition) is 2. The van der Waals surface area contributed by atoms with Gasteiger partial charge >= 0.3 is 0 Å². The van der Waals surface area contributed by atoms with Crippen molar-refractivity contribution in [2.45, 2.75) is 18.3 Å². The summed E-state index contributed by atoms with van der Waals surface area (Å²) in [4.78, 5) is 13.2. The number of benzene rings is 2. The average molecular weight is 375 g/mol. The van der Waals surface area contributed by atoms with E-state index in [1.165, 1.54) is 0 Å². The van der Waals surface area contributed by atoms with Crippen LogP contribution in [0.25, 0.3) is 0 Å². The minimum Gasteiger partial charge on any atom is -0.492 e. The maximum Gasteiger partial charge on any atom is 0.235 e. The summed E-state index contributed by atoms with van der Waals surface area (Å²) >= 11 is 6.16. The Balaban J connectivity index is 1.80. The van der Waals surface area contributed by atoms with Crippen molar-refractivity contribution in [3.63, 3.8) is 0 Å². The van der Waals surface area contributed by atoms with Crippen molar-refractivity contribution in [2.24, 2.45) is 5.73 Å². The third-order valence-corrected chi connectivity index (χ3v) is 4.89. The van der Waals surface area contributed by atoms with Crippen molar-refractivity contribution < 1.29 is 14.3 Å². The Kier molecular flexibility index (Phi) is 6.14. The zero-order valence-corrected chi connectivity index (χ0v) is 15.3. The lowest BCUT2D eigenvalue weighted by atomic mass is 9.73. The molecule has 1 saturated heterocycles. The smallest absolute Gasteiger partial charge is 0.235 e. The fraction of sp³-hybridized carbons (Fsp3) is 0.350. The molecule has 1 fully saturated rings. The van der Waals surface area contributed by atoms with Crippen molar-refractivity contribution in [3.8, 4) is 5.75 Å². The lowest BCUT2D eigenvalue weighted by Crippen LogP contribution is -2.44. The first-order valence-corrected chi connectivity index (χ1v) is 9.10. The number of nitrogens with two attached hydrogens (primary N) is 1. The molecule has 138 valence electrons. The molecule has 0 aliphatic carbocycles. The van der Waals surface area contributed by atoms with Crippen LogP contribution in [0.1, 0.15) is 18.4 Å². The van der Waals surface area contributed by atoms with E-state index < -0.39 is 5.41 Å². The highest BCUT2D eigenvalue weighted by Crippen LogP contribution is 2.37. The first kappa shape index (κ1) is 18.7. The fourth-order valence-electron chi connectivity index (χ4n) is 3.21. The van der Waals surface area contributed by atoms with E-state index in [0.29, 0.717) is 44.2 Å². The molecule has 5 nitrogen and oxygen atoms in total. The van der Waals surface area contributed by atoms with E-state index in [1.807, 2.05) is 48.5 Å². The van der Waals surface area contributed by atoms with E-state index in [0.717, 1.165) is 17.0 Å². The number of carbonyl (C=O) groups is 1. The highest BCUT2D eigenvalue weighted by Gasteiger charge is 2.41. The van der Waals surface area contributed by atoms with Gasteiger partial charge in [0, 0.05) is 30.5 Å². The molecule has 2 aromatic rings. The summed E-state index contributed by atoms with van der Waals surface area (Å²) < 4.78 is 11.0. The molecule has 2 aromatic carbocycles. The number of halogens is 1. The van der Waals surface area contributed by atoms with Crippen molar-refractivity contribution in [2.75, 3.05) is 31.7 Å². The molecule has 0 aromatic heterocycles. The second kappa shape index (κ2) is 8.54. The lowest BCUT2D eigenvalue weighted by Gasteiger charge is -2.36. The Hall–Kier alpha value is -2.08. The van der Waals surface area contributed by atoms with Crippen molar-refractivity contribution >= 4 is 23.2 Å². The molecule has 0 spiro atoms. The third-order valence-electron chi connectivity index (χ3n) is 4.66. The van der Waals surface area contributed by atoms with Crippen LogP contribution in [0.2, 0.25) is 5.02 Å². The SMILES string of the molecule is NCCOc1ccc(NC(=O)C2(c3cccc(Cl)c3)CCOCC2)cc1. The van der Waals surface area contributed by atoms with Crippen LogP contribution in [0.15, 0.2) is 48.5 Å². The van der Waals surface area contributed by atoms with Gasteiger partial charge in [0.15, 0.2) is 0 Å². The third kappa shape index (κ3) is 4.18. The number of rotatable bonds is 6. The molecule has 1 heterocycles. The summed E-state index contributed by atoms with van der Waals surface area (Å²) in [5.41, 5.74) is 6.44. The van der Waals surface area contributed by atoms with Gasteiger partial charge in [0.1, 0.15) is 12.4 Å². The summed E-state index contributed by atoms with van der Waals surface area (Å²) in [7, 11) is 0. The average Bonchev–Trinajstić information content (AvgIpc) is 2.68. The maximum absolute atomic E-state index is 13.2. The van der Waals surface area contributed by atoms with Gasteiger partial charge in [-0.05, 0) is 54.8 Å². The molecule has 6 heteroatoms. The van der Waals surface area contributed by atoms with Crippen LogP contribution in [-0.2, 0) is 14.9 Å². The second-order valence-electron chi connectivity index (χ2n) is 6.32. The van der Waals surface area contributed by atoms with Crippen LogP contribution in [-0.4, -0.2) is 32.3 Å². The van der Waals surface area contributed by atoms with Crippen molar-refractivity contribution in [1.29, 1.82) is 0 Å². The van der Waals surface area contributed by atoms with Gasteiger partial charge in [-0.3, -0.25) is 4.79 Å². The number of anilines is 1. The molecule has 1 aliphatic rings. The Morgan fingerprint density at radius 3 is 2.58 bits per heavy atom. The van der Waals surface area contributed by atoms with Crippen LogP contribution in [0.3, 0.4) is 0 Å². The van der Waals surface area contributed by atoms with Crippen LogP contribution in [0.4, 0.5) is 5.69 Å². The molecule has 3 N–H and O–H groups in total. The van der Waals surface area contributed by atoms with Gasteiger partial charge in [0.25, 0.3) is 0 Å². The highest BCUT2D eigenvalue weighted by atomic mass is 35.5. The fourth-order valence-corrected chi connectivity index (χ4v) is 3.41. The van der Waals surface area contributed by atoms with Gasteiger partial charge in [-0.2, -0.15) is 0 Å². The minimum atomic E-state index is -0.641. The van der Waals surface area contributed by atoms with Gasteiger partial charge in [-0.15, -0.1) is 0 Å². The topological polar surface area (TPSA) is 73.6 Å². The van der Waals surface area contributed by atoms with E-state index in [2.05, 4.69) is 5.32 Å². The molecule has 3 rings (SSSR count). The van der Waals surface area contributed by atoms with Gasteiger partial charge in [0.2, 0.25) is 5.91 Å². The van der Waals surface area contributed by atoms with Crippen LogP contribution < -0.4 is 15.8 Å². The molecule has 1 amide bonds. The van der Waals surface area contributed by atoms with E-state index >= 15 is 0 Å². The van der Waals surface area contributed by atoms with Gasteiger partial charge in [0.05, 0.1) is 5.41 Å². The number of hydrogen-bond acceptors (Lipinski definition) is 4. The van der Waals surface area contributed by atoms with Crippen LogP contribution >= 0.6 is 11.6 Å². The zero-order chi connectivity index (χ0) is 18.4. The van der Waals surface area contributed by atoms with Gasteiger partial charge in [-0.1, -0.05) is 23.7 Å². The van der Waals surface area contributed by atoms with Gasteiger partial charge in [-0.25, -0.2) is 0 Å². The highest BCUT2D eigenvalue weighted by molar-refractivity contribution is 6.30. The predicted octanol–water partition coefficient (Wildman–Crippen LogP) is 3.36. The van der Waals surface area contributed by atoms with E-state index in [9.17, 15) is 4.79 Å². The van der Waals surface area contributed by atoms with Crippen LogP contribution in [0.5, 0.6) is 5.75 Å². The minimum absolute atomic E-state index is 0.0429. The molecule has 0 unspecified atom stereocenters. The summed E-state index contributed by atoms with van der Waals surface area (Å²) in [6, 6.07) is 14.8. The zero-order valence-electron chi connectivity index (χ0n) is 14.5. The van der Waals surface area contributed by atoms with Crippen molar-refractivity contribution in [3.05, 3.63) is 59.1 Å². The second-order valence-corrected chi connectivity index (χ2v) is 6.76. The van der Waals surface area contributed by atoms with Crippen molar-refractivity contribution in [1.82, 2.24) is 0 Å². The number of nitrogens with one attached hydrogen (secondary N) is 1. The largest absolute Gasteiger partial charge is 0.492 e. The Morgan fingerprint density at radius 2 is 1.92 bits per heavy atom. The predicted molar refractivity (Wildman–Crippen MR) is 103 cm³/mol. The molecular weight excluding hydrogens is 352 g/mol. The standard InChI is InChI=1S/C20H23ClN2O3/c21-16-3-1-2-15(14-16)20(8-11-25-12-9-20)19(24)23-17-4-6-18(7-5-17)26-13-10-22/h1-7,14H,8-13,22H2,(H,23,24). The molecule has 1 aliphatic heterocycles. The summed E-state index contributed by atoms with van der Waals surface area (Å²) in [6.07, 6.45) is 1.24. The summed E-state index contributed by atoms with van der Waals surface area (Å²) in [5, 5.41) is 3.66. The monoisotopic (exact) mass is 374 g/mol.